The molecule has 1 unspecified atom stereocenters. The van der Waals surface area contributed by atoms with Gasteiger partial charge in [-0.25, -0.2) is 0 Å². The van der Waals surface area contributed by atoms with Crippen molar-refractivity contribution >= 4 is 5.78 Å². The predicted molar refractivity (Wildman–Crippen MR) is 61.0 cm³/mol. The highest BCUT2D eigenvalue weighted by Crippen LogP contribution is 2.12. The summed E-state index contributed by atoms with van der Waals surface area (Å²) >= 11 is 0. The zero-order valence-corrected chi connectivity index (χ0v) is 9.14. The molecule has 2 nitrogen and oxygen atoms in total. The van der Waals surface area contributed by atoms with E-state index in [1.807, 2.05) is 43.3 Å². The van der Waals surface area contributed by atoms with Crippen molar-refractivity contribution in [1.29, 1.82) is 0 Å². The van der Waals surface area contributed by atoms with E-state index in [4.69, 9.17) is 4.74 Å². The second-order valence-electron chi connectivity index (χ2n) is 3.49. The van der Waals surface area contributed by atoms with Crippen LogP contribution < -0.4 is 4.74 Å². The van der Waals surface area contributed by atoms with E-state index in [2.05, 4.69) is 0 Å². The molecule has 0 amide bonds. The van der Waals surface area contributed by atoms with Gasteiger partial charge >= 0.3 is 0 Å². The monoisotopic (exact) mass is 204 g/mol. The molecule has 15 heavy (non-hydrogen) atoms. The van der Waals surface area contributed by atoms with Gasteiger partial charge in [-0.2, -0.15) is 0 Å². The molecule has 0 spiro atoms. The number of ether oxygens (including phenoxy) is 1. The maximum atomic E-state index is 10.7. The molecule has 1 aromatic carbocycles. The van der Waals surface area contributed by atoms with E-state index < -0.39 is 0 Å². The first kappa shape index (κ1) is 11.5. The lowest BCUT2D eigenvalue weighted by atomic mass is 10.2. The Hall–Kier alpha value is -1.57. The molecule has 0 aliphatic heterocycles. The summed E-state index contributed by atoms with van der Waals surface area (Å²) in [7, 11) is 0. The smallest absolute Gasteiger partial charge is 0.152 e. The van der Waals surface area contributed by atoms with Crippen molar-refractivity contribution in [3.63, 3.8) is 0 Å². The maximum absolute atomic E-state index is 10.7. The van der Waals surface area contributed by atoms with Crippen molar-refractivity contribution in [3.05, 3.63) is 42.5 Å². The van der Waals surface area contributed by atoms with Crippen LogP contribution in [0.2, 0.25) is 0 Å². The summed E-state index contributed by atoms with van der Waals surface area (Å²) in [5, 5.41) is 0. The first-order valence-corrected chi connectivity index (χ1v) is 5.07. The molecule has 1 aromatic rings. The number of carbonyl (C=O) groups excluding carboxylic acids is 1. The van der Waals surface area contributed by atoms with Crippen LogP contribution in [0.5, 0.6) is 5.75 Å². The van der Waals surface area contributed by atoms with Crippen LogP contribution in [0.25, 0.3) is 0 Å². The van der Waals surface area contributed by atoms with Gasteiger partial charge in [-0.1, -0.05) is 24.3 Å². The third-order valence-electron chi connectivity index (χ3n) is 1.90. The molecule has 1 rings (SSSR count). The first-order valence-electron chi connectivity index (χ1n) is 5.07. The number of hydrogen-bond donors (Lipinski definition) is 0. The van der Waals surface area contributed by atoms with Gasteiger partial charge in [0.25, 0.3) is 0 Å². The number of allylic oxidation sites excluding steroid dienone is 1. The lowest BCUT2D eigenvalue weighted by Crippen LogP contribution is -2.10. The number of benzene rings is 1. The van der Waals surface area contributed by atoms with Gasteiger partial charge in [-0.15, -0.1) is 0 Å². The Morgan fingerprint density at radius 2 is 2.07 bits per heavy atom. The Balaban J connectivity index is 2.36. The summed E-state index contributed by atoms with van der Waals surface area (Å²) in [6, 6.07) is 9.67. The number of ketones is 1. The van der Waals surface area contributed by atoms with Gasteiger partial charge < -0.3 is 4.74 Å². The van der Waals surface area contributed by atoms with E-state index >= 15 is 0 Å². The summed E-state index contributed by atoms with van der Waals surface area (Å²) in [4.78, 5) is 10.7. The zero-order chi connectivity index (χ0) is 11.1. The quantitative estimate of drug-likeness (QED) is 0.689. The lowest BCUT2D eigenvalue weighted by molar-refractivity contribution is -0.112. The van der Waals surface area contributed by atoms with Crippen LogP contribution in [-0.2, 0) is 4.79 Å². The fraction of sp³-hybridized carbons (Fsp3) is 0.308. The normalized spacial score (nSPS) is 12.7. The number of carbonyl (C=O) groups is 1. The van der Waals surface area contributed by atoms with E-state index in [1.165, 1.54) is 0 Å². The average molecular weight is 204 g/mol. The molecule has 0 saturated carbocycles. The highest BCUT2D eigenvalue weighted by Gasteiger charge is 2.00. The van der Waals surface area contributed by atoms with Gasteiger partial charge in [0.2, 0.25) is 0 Å². The van der Waals surface area contributed by atoms with Crippen LogP contribution in [0, 0.1) is 0 Å². The van der Waals surface area contributed by atoms with Gasteiger partial charge in [-0.05, 0) is 32.1 Å². The molecule has 0 N–H and O–H groups in total. The van der Waals surface area contributed by atoms with Crippen molar-refractivity contribution in [1.82, 2.24) is 0 Å². The minimum Gasteiger partial charge on any atom is -0.490 e. The number of para-hydroxylation sites is 1. The highest BCUT2D eigenvalue weighted by atomic mass is 16.5. The Morgan fingerprint density at radius 1 is 1.40 bits per heavy atom. The Bertz CT molecular complexity index is 328. The first-order chi connectivity index (χ1) is 7.18. The second kappa shape index (κ2) is 6.02. The fourth-order valence-corrected chi connectivity index (χ4v) is 1.21. The zero-order valence-electron chi connectivity index (χ0n) is 9.14. The predicted octanol–water partition coefficient (Wildman–Crippen LogP) is 2.99. The molecule has 0 aliphatic carbocycles. The average Bonchev–Trinajstić information content (AvgIpc) is 2.18. The molecular weight excluding hydrogens is 188 g/mol. The standard InChI is InChI=1S/C13H16O2/c1-11(14)7-6-8-12(2)15-13-9-4-3-5-10-13/h3-7,9-10,12H,8H2,1-2H3. The fourth-order valence-electron chi connectivity index (χ4n) is 1.21. The molecule has 1 atom stereocenters. The van der Waals surface area contributed by atoms with Crippen LogP contribution in [-0.4, -0.2) is 11.9 Å². The van der Waals surface area contributed by atoms with E-state index in [1.54, 1.807) is 13.0 Å². The topological polar surface area (TPSA) is 26.3 Å². The molecule has 0 radical (unpaired) electrons. The molecule has 80 valence electrons. The minimum atomic E-state index is 0.0712. The summed E-state index contributed by atoms with van der Waals surface area (Å²) < 4.78 is 5.63. The van der Waals surface area contributed by atoms with Gasteiger partial charge in [0.15, 0.2) is 5.78 Å². The summed E-state index contributed by atoms with van der Waals surface area (Å²) in [6.07, 6.45) is 4.25. The molecule has 0 fully saturated rings. The maximum Gasteiger partial charge on any atom is 0.152 e. The summed E-state index contributed by atoms with van der Waals surface area (Å²) in [6.45, 7) is 3.52. The van der Waals surface area contributed by atoms with E-state index in [-0.39, 0.29) is 11.9 Å². The molecule has 0 aromatic heterocycles. The molecule has 0 bridgehead atoms. The SMILES string of the molecule is CC(=O)C=CCC(C)Oc1ccccc1. The van der Waals surface area contributed by atoms with Gasteiger partial charge in [0.05, 0.1) is 6.10 Å². The molecule has 2 heteroatoms. The van der Waals surface area contributed by atoms with E-state index in [9.17, 15) is 4.79 Å². The molecule has 0 aliphatic rings. The van der Waals surface area contributed by atoms with Crippen molar-refractivity contribution < 1.29 is 9.53 Å². The molecular formula is C13H16O2. The van der Waals surface area contributed by atoms with Crippen LogP contribution >= 0.6 is 0 Å². The molecule has 0 saturated heterocycles. The van der Waals surface area contributed by atoms with E-state index in [0.717, 1.165) is 12.2 Å². The van der Waals surface area contributed by atoms with Crippen LogP contribution in [0.1, 0.15) is 20.3 Å². The summed E-state index contributed by atoms with van der Waals surface area (Å²) in [5.41, 5.74) is 0. The number of hydrogen-bond acceptors (Lipinski definition) is 2. The van der Waals surface area contributed by atoms with Crippen LogP contribution in [0.3, 0.4) is 0 Å². The Morgan fingerprint density at radius 3 is 2.67 bits per heavy atom. The van der Waals surface area contributed by atoms with Gasteiger partial charge in [0, 0.05) is 6.42 Å². The lowest BCUT2D eigenvalue weighted by Gasteiger charge is -2.12. The van der Waals surface area contributed by atoms with Gasteiger partial charge in [-0.3, -0.25) is 4.79 Å². The summed E-state index contributed by atoms with van der Waals surface area (Å²) in [5.74, 6) is 0.933. The number of rotatable bonds is 5. The molecule has 0 heterocycles. The van der Waals surface area contributed by atoms with Crippen molar-refractivity contribution in [2.24, 2.45) is 0 Å². The van der Waals surface area contributed by atoms with Crippen molar-refractivity contribution in [3.8, 4) is 5.75 Å². The van der Waals surface area contributed by atoms with Crippen molar-refractivity contribution in [2.45, 2.75) is 26.4 Å². The van der Waals surface area contributed by atoms with Crippen molar-refractivity contribution in [2.75, 3.05) is 0 Å². The van der Waals surface area contributed by atoms with Crippen LogP contribution in [0.4, 0.5) is 0 Å². The van der Waals surface area contributed by atoms with Gasteiger partial charge in [0.1, 0.15) is 5.75 Å². The van der Waals surface area contributed by atoms with Crippen LogP contribution in [0.15, 0.2) is 42.5 Å². The third kappa shape index (κ3) is 5.01. The highest BCUT2D eigenvalue weighted by molar-refractivity contribution is 5.87. The minimum absolute atomic E-state index is 0.0712. The Kier molecular flexibility index (Phi) is 4.61. The second-order valence-corrected chi connectivity index (χ2v) is 3.49. The van der Waals surface area contributed by atoms with E-state index in [0.29, 0.717) is 0 Å². The third-order valence-corrected chi connectivity index (χ3v) is 1.90. The largest absolute Gasteiger partial charge is 0.490 e. The Labute approximate surface area is 90.6 Å².